The van der Waals surface area contributed by atoms with Gasteiger partial charge in [0.1, 0.15) is 10.6 Å². The molecule has 0 saturated heterocycles. The van der Waals surface area contributed by atoms with E-state index in [2.05, 4.69) is 58.1 Å². The van der Waals surface area contributed by atoms with Gasteiger partial charge in [0.05, 0.1) is 11.7 Å². The monoisotopic (exact) mass is 523 g/mol. The van der Waals surface area contributed by atoms with Gasteiger partial charge in [-0.1, -0.05) is 44.5 Å². The van der Waals surface area contributed by atoms with Crippen molar-refractivity contribution in [1.82, 2.24) is 0 Å². The molecule has 0 saturated carbocycles. The number of benzene rings is 1. The number of esters is 1. The van der Waals surface area contributed by atoms with Gasteiger partial charge >= 0.3 is 5.97 Å². The number of ether oxygens (including phenoxy) is 1. The summed E-state index contributed by atoms with van der Waals surface area (Å²) in [7, 11) is 0. The molecule has 6 heteroatoms. The van der Waals surface area contributed by atoms with Crippen LogP contribution in [0.1, 0.15) is 88.2 Å². The largest absolute Gasteiger partial charge is 0.459 e. The zero-order chi connectivity index (χ0) is 26.4. The molecule has 4 nitrogen and oxygen atoms in total. The molecule has 0 radical (unpaired) electrons. The predicted molar refractivity (Wildman–Crippen MR) is 152 cm³/mol. The third-order valence-electron chi connectivity index (χ3n) is 7.13. The molecular weight excluding hydrogens is 486 g/mol. The van der Waals surface area contributed by atoms with E-state index < -0.39 is 5.97 Å². The van der Waals surface area contributed by atoms with Crippen LogP contribution < -0.4 is 5.32 Å². The summed E-state index contributed by atoms with van der Waals surface area (Å²) in [5.41, 5.74) is 6.72. The van der Waals surface area contributed by atoms with Crippen molar-refractivity contribution in [2.45, 2.75) is 80.8 Å². The molecule has 1 amide bonds. The minimum Gasteiger partial charge on any atom is -0.459 e. The highest BCUT2D eigenvalue weighted by atomic mass is 32.1. The Hall–Kier alpha value is -2.44. The maximum absolute atomic E-state index is 13.5. The minimum atomic E-state index is -0.403. The van der Waals surface area contributed by atoms with Crippen LogP contribution in [-0.4, -0.2) is 18.0 Å². The van der Waals surface area contributed by atoms with Gasteiger partial charge in [-0.25, -0.2) is 4.79 Å². The lowest BCUT2D eigenvalue weighted by Gasteiger charge is -2.34. The quantitative estimate of drug-likeness (QED) is 0.342. The number of hydrogen-bond donors (Lipinski definition) is 1. The van der Waals surface area contributed by atoms with Crippen molar-refractivity contribution in [3.63, 3.8) is 0 Å². The molecule has 1 aromatic carbocycles. The van der Waals surface area contributed by atoms with E-state index in [1.54, 1.807) is 11.3 Å². The van der Waals surface area contributed by atoms with Crippen molar-refractivity contribution < 1.29 is 14.3 Å². The predicted octanol–water partition coefficient (Wildman–Crippen LogP) is 8.37. The maximum Gasteiger partial charge on any atom is 0.342 e. The molecule has 2 aromatic heterocycles. The molecule has 1 atom stereocenters. The Morgan fingerprint density at radius 1 is 1.14 bits per heavy atom. The van der Waals surface area contributed by atoms with E-state index in [9.17, 15) is 9.59 Å². The fourth-order valence-corrected chi connectivity index (χ4v) is 7.34. The lowest BCUT2D eigenvalue weighted by molar-refractivity contribution is 0.0380. The number of hydrogen-bond acceptors (Lipinski definition) is 5. The van der Waals surface area contributed by atoms with Crippen LogP contribution in [-0.2, 0) is 17.6 Å². The number of fused-ring (bicyclic) bond motifs is 1. The van der Waals surface area contributed by atoms with E-state index in [1.807, 2.05) is 26.2 Å². The van der Waals surface area contributed by atoms with Crippen LogP contribution in [0.15, 0.2) is 23.6 Å². The summed E-state index contributed by atoms with van der Waals surface area (Å²) in [6, 6.07) is 6.22. The van der Waals surface area contributed by atoms with Gasteiger partial charge in [0, 0.05) is 20.7 Å². The molecule has 36 heavy (non-hydrogen) atoms. The van der Waals surface area contributed by atoms with Crippen molar-refractivity contribution in [2.24, 2.45) is 11.3 Å². The summed E-state index contributed by atoms with van der Waals surface area (Å²) in [6.07, 6.45) is 2.78. The fourth-order valence-electron chi connectivity index (χ4n) is 5.13. The number of nitrogens with one attached hydrogen (secondary N) is 1. The normalized spacial score (nSPS) is 15.6. The number of aryl methyl sites for hydroxylation is 3. The SMILES string of the molecule is Cc1ccc(-c2c(C)sc(NC(=O)c3csc4c3CC[C@@H](C(C)(C)C)C4)c2C(=O)OC(C)C)c(C)c1. The molecule has 192 valence electrons. The van der Waals surface area contributed by atoms with Crippen molar-refractivity contribution in [2.75, 3.05) is 5.32 Å². The molecule has 1 aliphatic carbocycles. The van der Waals surface area contributed by atoms with Crippen LogP contribution in [0.5, 0.6) is 0 Å². The Morgan fingerprint density at radius 3 is 2.50 bits per heavy atom. The van der Waals surface area contributed by atoms with Crippen LogP contribution in [0.2, 0.25) is 0 Å². The highest BCUT2D eigenvalue weighted by Gasteiger charge is 2.33. The number of rotatable bonds is 5. The van der Waals surface area contributed by atoms with Crippen LogP contribution >= 0.6 is 22.7 Å². The van der Waals surface area contributed by atoms with E-state index in [4.69, 9.17) is 4.74 Å². The molecule has 0 fully saturated rings. The Bertz CT molecular complexity index is 1310. The van der Waals surface area contributed by atoms with Crippen LogP contribution in [0.4, 0.5) is 5.00 Å². The first-order valence-electron chi connectivity index (χ1n) is 12.7. The second-order valence-corrected chi connectivity index (χ2v) is 13.5. The van der Waals surface area contributed by atoms with Gasteiger partial charge in [-0.05, 0) is 81.9 Å². The second kappa shape index (κ2) is 10.1. The number of amides is 1. The van der Waals surface area contributed by atoms with Crippen LogP contribution in [0.3, 0.4) is 0 Å². The first-order chi connectivity index (χ1) is 16.9. The molecule has 1 aliphatic rings. The lowest BCUT2D eigenvalue weighted by atomic mass is 9.72. The topological polar surface area (TPSA) is 55.4 Å². The number of thiophene rings is 2. The lowest BCUT2D eigenvalue weighted by Crippen LogP contribution is -2.27. The second-order valence-electron chi connectivity index (χ2n) is 11.3. The third kappa shape index (κ3) is 5.30. The van der Waals surface area contributed by atoms with E-state index in [-0.39, 0.29) is 17.4 Å². The third-order valence-corrected chi connectivity index (χ3v) is 9.21. The summed E-state index contributed by atoms with van der Waals surface area (Å²) in [6.45, 7) is 16.7. The molecule has 0 spiro atoms. The zero-order valence-corrected chi connectivity index (χ0v) is 24.3. The van der Waals surface area contributed by atoms with E-state index >= 15 is 0 Å². The smallest absolute Gasteiger partial charge is 0.342 e. The molecular formula is C30H37NO3S2. The average Bonchev–Trinajstić information content (AvgIpc) is 3.33. The number of carbonyl (C=O) groups excluding carboxylic acids is 2. The highest BCUT2D eigenvalue weighted by Crippen LogP contribution is 2.43. The summed E-state index contributed by atoms with van der Waals surface area (Å²) >= 11 is 3.13. The first-order valence-corrected chi connectivity index (χ1v) is 14.4. The van der Waals surface area contributed by atoms with Gasteiger partial charge in [-0.15, -0.1) is 22.7 Å². The molecule has 3 aromatic rings. The van der Waals surface area contributed by atoms with Crippen molar-refractivity contribution in [3.05, 3.63) is 61.2 Å². The maximum atomic E-state index is 13.5. The standard InChI is InChI=1S/C30H37NO3S2/c1-16(2)34-29(33)26-25(21-11-9-17(3)13-18(21)4)19(5)36-28(26)31-27(32)23-15-35-24-14-20(30(6,7)8)10-12-22(23)24/h9,11,13,15-16,20H,10,12,14H2,1-8H3,(H,31,32)/t20-/m1/s1. The molecule has 0 aliphatic heterocycles. The average molecular weight is 524 g/mol. The molecule has 0 bridgehead atoms. The summed E-state index contributed by atoms with van der Waals surface area (Å²) in [4.78, 5) is 29.2. The first kappa shape index (κ1) is 26.6. The minimum absolute atomic E-state index is 0.145. The van der Waals surface area contributed by atoms with Gasteiger partial charge in [-0.2, -0.15) is 0 Å². The van der Waals surface area contributed by atoms with Gasteiger partial charge in [-0.3, -0.25) is 4.79 Å². The summed E-state index contributed by atoms with van der Waals surface area (Å²) < 4.78 is 5.64. The van der Waals surface area contributed by atoms with Gasteiger partial charge in [0.25, 0.3) is 5.91 Å². The van der Waals surface area contributed by atoms with Gasteiger partial charge < -0.3 is 10.1 Å². The molecule has 4 rings (SSSR count). The van der Waals surface area contributed by atoms with E-state index in [1.165, 1.54) is 27.3 Å². The van der Waals surface area contributed by atoms with Crippen molar-refractivity contribution in [1.29, 1.82) is 0 Å². The molecule has 2 heterocycles. The Kier molecular flexibility index (Phi) is 7.50. The number of anilines is 1. The number of carbonyl (C=O) groups is 2. The molecule has 0 unspecified atom stereocenters. The summed E-state index contributed by atoms with van der Waals surface area (Å²) in [5, 5.41) is 5.65. The van der Waals surface area contributed by atoms with E-state index in [0.29, 0.717) is 16.5 Å². The molecule has 1 N–H and O–H groups in total. The van der Waals surface area contributed by atoms with Crippen LogP contribution in [0, 0.1) is 32.1 Å². The van der Waals surface area contributed by atoms with E-state index in [0.717, 1.165) is 46.4 Å². The van der Waals surface area contributed by atoms with Crippen LogP contribution in [0.25, 0.3) is 11.1 Å². The summed E-state index contributed by atoms with van der Waals surface area (Å²) in [5.74, 6) is 0.0749. The van der Waals surface area contributed by atoms with Gasteiger partial charge in [0.2, 0.25) is 0 Å². The fraction of sp³-hybridized carbons (Fsp3) is 0.467. The highest BCUT2D eigenvalue weighted by molar-refractivity contribution is 7.17. The Balaban J connectivity index is 1.71. The zero-order valence-electron chi connectivity index (χ0n) is 22.6. The van der Waals surface area contributed by atoms with Crippen molar-refractivity contribution >= 4 is 39.6 Å². The Labute approximate surface area is 223 Å². The van der Waals surface area contributed by atoms with Crippen molar-refractivity contribution in [3.8, 4) is 11.1 Å². The Morgan fingerprint density at radius 2 is 1.86 bits per heavy atom. The van der Waals surface area contributed by atoms with Gasteiger partial charge in [0.15, 0.2) is 0 Å².